The number of alkyl halides is 1. The van der Waals surface area contributed by atoms with Gasteiger partial charge >= 0.3 is 0 Å². The van der Waals surface area contributed by atoms with Crippen molar-refractivity contribution < 1.29 is 0 Å². The van der Waals surface area contributed by atoms with E-state index >= 15 is 0 Å². The van der Waals surface area contributed by atoms with Crippen LogP contribution in [0.3, 0.4) is 0 Å². The first-order valence-electron chi connectivity index (χ1n) is 3.57. The summed E-state index contributed by atoms with van der Waals surface area (Å²) < 4.78 is 0.903. The lowest BCUT2D eigenvalue weighted by Gasteiger charge is -1.93. The van der Waals surface area contributed by atoms with Gasteiger partial charge < -0.3 is 0 Å². The Morgan fingerprint density at radius 3 is 2.30 bits per heavy atom. The molecule has 1 saturated carbocycles. The van der Waals surface area contributed by atoms with E-state index in [0.717, 1.165) is 9.84 Å². The molecule has 1 aliphatic carbocycles. The number of benzene rings is 1. The molecule has 1 heteroatoms. The zero-order valence-corrected chi connectivity index (χ0v) is 7.78. The summed E-state index contributed by atoms with van der Waals surface area (Å²) >= 11 is 2.52. The second-order valence-electron chi connectivity index (χ2n) is 2.77. The molecule has 0 bridgehead atoms. The monoisotopic (exact) mass is 244 g/mol. The second-order valence-corrected chi connectivity index (χ2v) is 4.37. The molecule has 52 valence electrons. The van der Waals surface area contributed by atoms with Gasteiger partial charge in [0.1, 0.15) is 0 Å². The molecule has 10 heavy (non-hydrogen) atoms. The van der Waals surface area contributed by atoms with Gasteiger partial charge in [-0.2, -0.15) is 0 Å². The van der Waals surface area contributed by atoms with Crippen molar-refractivity contribution >= 4 is 22.6 Å². The van der Waals surface area contributed by atoms with E-state index in [0.29, 0.717) is 0 Å². The van der Waals surface area contributed by atoms with Gasteiger partial charge in [-0.25, -0.2) is 0 Å². The third-order valence-electron chi connectivity index (χ3n) is 1.94. The van der Waals surface area contributed by atoms with Crippen molar-refractivity contribution in [1.82, 2.24) is 0 Å². The van der Waals surface area contributed by atoms with E-state index in [1.165, 1.54) is 12.0 Å². The molecular weight excluding hydrogens is 235 g/mol. The third kappa shape index (κ3) is 1.19. The van der Waals surface area contributed by atoms with Crippen molar-refractivity contribution in [3.05, 3.63) is 35.9 Å². The SMILES string of the molecule is I[C@H]1C[C@@H]1c1ccccc1. The summed E-state index contributed by atoms with van der Waals surface area (Å²) in [5.41, 5.74) is 1.52. The maximum absolute atomic E-state index is 2.52. The van der Waals surface area contributed by atoms with E-state index in [4.69, 9.17) is 0 Å². The van der Waals surface area contributed by atoms with Gasteiger partial charge in [-0.3, -0.25) is 0 Å². The van der Waals surface area contributed by atoms with Crippen molar-refractivity contribution in [3.8, 4) is 0 Å². The fraction of sp³-hybridized carbons (Fsp3) is 0.333. The van der Waals surface area contributed by atoms with Gasteiger partial charge in [0.15, 0.2) is 0 Å². The largest absolute Gasteiger partial charge is 0.0819 e. The Labute approximate surface area is 74.8 Å². The van der Waals surface area contributed by atoms with E-state index in [1.54, 1.807) is 0 Å². The van der Waals surface area contributed by atoms with Gasteiger partial charge in [0, 0.05) is 3.92 Å². The van der Waals surface area contributed by atoms with Crippen LogP contribution in [0.15, 0.2) is 30.3 Å². The number of rotatable bonds is 1. The van der Waals surface area contributed by atoms with Crippen molar-refractivity contribution in [1.29, 1.82) is 0 Å². The summed E-state index contributed by atoms with van der Waals surface area (Å²) in [7, 11) is 0. The summed E-state index contributed by atoms with van der Waals surface area (Å²) in [4.78, 5) is 0. The van der Waals surface area contributed by atoms with E-state index in [1.807, 2.05) is 0 Å². The molecule has 0 saturated heterocycles. The molecule has 1 aromatic rings. The van der Waals surface area contributed by atoms with Gasteiger partial charge in [0.25, 0.3) is 0 Å². The average molecular weight is 244 g/mol. The normalized spacial score (nSPS) is 30.1. The Balaban J connectivity index is 2.20. The second kappa shape index (κ2) is 2.53. The lowest BCUT2D eigenvalue weighted by molar-refractivity contribution is 1.14. The molecule has 0 aromatic heterocycles. The fourth-order valence-corrected chi connectivity index (χ4v) is 2.17. The highest BCUT2D eigenvalue weighted by molar-refractivity contribution is 14.1. The van der Waals surface area contributed by atoms with E-state index in [-0.39, 0.29) is 0 Å². The summed E-state index contributed by atoms with van der Waals surface area (Å²) in [6.07, 6.45) is 1.38. The van der Waals surface area contributed by atoms with Gasteiger partial charge in [-0.05, 0) is 17.9 Å². The highest BCUT2D eigenvalue weighted by Crippen LogP contribution is 2.46. The van der Waals surface area contributed by atoms with E-state index in [9.17, 15) is 0 Å². The molecule has 0 N–H and O–H groups in total. The molecule has 0 amide bonds. The third-order valence-corrected chi connectivity index (χ3v) is 3.32. The molecule has 0 radical (unpaired) electrons. The predicted molar refractivity (Wildman–Crippen MR) is 51.6 cm³/mol. The minimum atomic E-state index is 0.863. The van der Waals surface area contributed by atoms with Crippen LogP contribution in [0.25, 0.3) is 0 Å². The molecule has 1 aromatic carbocycles. The van der Waals surface area contributed by atoms with Crippen molar-refractivity contribution in [2.75, 3.05) is 0 Å². The van der Waals surface area contributed by atoms with Gasteiger partial charge in [-0.1, -0.05) is 52.9 Å². The first-order valence-corrected chi connectivity index (χ1v) is 4.81. The maximum Gasteiger partial charge on any atom is 0.0185 e. The van der Waals surface area contributed by atoms with Crippen molar-refractivity contribution in [3.63, 3.8) is 0 Å². The molecule has 1 fully saturated rings. The summed E-state index contributed by atoms with van der Waals surface area (Å²) in [6, 6.07) is 10.8. The molecule has 0 heterocycles. The molecule has 0 aliphatic heterocycles. The van der Waals surface area contributed by atoms with E-state index < -0.39 is 0 Å². The smallest absolute Gasteiger partial charge is 0.0185 e. The quantitative estimate of drug-likeness (QED) is 0.526. The highest BCUT2D eigenvalue weighted by Gasteiger charge is 2.35. The van der Waals surface area contributed by atoms with Gasteiger partial charge in [0.05, 0.1) is 0 Å². The standard InChI is InChI=1S/C9H9I/c10-9-6-8(9)7-4-2-1-3-5-7/h1-5,8-9H,6H2/t8-,9+/m1/s1. The van der Waals surface area contributed by atoms with Crippen LogP contribution in [0.4, 0.5) is 0 Å². The van der Waals surface area contributed by atoms with Crippen LogP contribution >= 0.6 is 22.6 Å². The molecule has 2 rings (SSSR count). The fourth-order valence-electron chi connectivity index (χ4n) is 1.21. The first kappa shape index (κ1) is 6.65. The average Bonchev–Trinajstić information content (AvgIpc) is 2.69. The van der Waals surface area contributed by atoms with Crippen LogP contribution in [0.5, 0.6) is 0 Å². The molecule has 0 spiro atoms. The van der Waals surface area contributed by atoms with Crippen molar-refractivity contribution in [2.45, 2.75) is 16.3 Å². The predicted octanol–water partition coefficient (Wildman–Crippen LogP) is 2.98. The first-order chi connectivity index (χ1) is 4.88. The van der Waals surface area contributed by atoms with Gasteiger partial charge in [-0.15, -0.1) is 0 Å². The maximum atomic E-state index is 2.52. The molecule has 0 unspecified atom stereocenters. The number of hydrogen-bond donors (Lipinski definition) is 0. The van der Waals surface area contributed by atoms with Crippen LogP contribution in [0.1, 0.15) is 17.9 Å². The molecule has 2 atom stereocenters. The highest BCUT2D eigenvalue weighted by atomic mass is 127. The summed E-state index contributed by atoms with van der Waals surface area (Å²) in [6.45, 7) is 0. The minimum Gasteiger partial charge on any atom is -0.0819 e. The Morgan fingerprint density at radius 2 is 1.80 bits per heavy atom. The van der Waals surface area contributed by atoms with Crippen LogP contribution in [0.2, 0.25) is 0 Å². The zero-order valence-electron chi connectivity index (χ0n) is 5.63. The topological polar surface area (TPSA) is 0 Å². The number of halogens is 1. The van der Waals surface area contributed by atoms with Crippen molar-refractivity contribution in [2.24, 2.45) is 0 Å². The lowest BCUT2D eigenvalue weighted by atomic mass is 10.1. The Bertz CT molecular complexity index is 217. The summed E-state index contributed by atoms with van der Waals surface area (Å²) in [5.74, 6) is 0.863. The van der Waals surface area contributed by atoms with Crippen LogP contribution in [-0.4, -0.2) is 3.92 Å². The summed E-state index contributed by atoms with van der Waals surface area (Å²) in [5, 5.41) is 0. The molecule has 1 aliphatic rings. The van der Waals surface area contributed by atoms with Crippen LogP contribution in [-0.2, 0) is 0 Å². The zero-order chi connectivity index (χ0) is 6.97. The van der Waals surface area contributed by atoms with Crippen LogP contribution in [0, 0.1) is 0 Å². The van der Waals surface area contributed by atoms with Crippen LogP contribution < -0.4 is 0 Å². The lowest BCUT2D eigenvalue weighted by Crippen LogP contribution is -1.78. The minimum absolute atomic E-state index is 0.863. The number of hydrogen-bond acceptors (Lipinski definition) is 0. The Hall–Kier alpha value is -0.0500. The van der Waals surface area contributed by atoms with E-state index in [2.05, 4.69) is 52.9 Å². The van der Waals surface area contributed by atoms with Gasteiger partial charge in [0.2, 0.25) is 0 Å². The molecular formula is C9H9I. The Kier molecular flexibility index (Phi) is 1.68. The molecule has 0 nitrogen and oxygen atoms in total. The Morgan fingerprint density at radius 1 is 1.20 bits per heavy atom.